The van der Waals surface area contributed by atoms with Crippen LogP contribution in [0.5, 0.6) is 0 Å². The molecule has 0 amide bonds. The fourth-order valence-electron chi connectivity index (χ4n) is 1.78. The number of halogens is 1. The monoisotopic (exact) mass is 306 g/mol. The first kappa shape index (κ1) is 13.1. The molecule has 3 aromatic rings. The van der Waals surface area contributed by atoms with Crippen LogP contribution in [-0.4, -0.2) is 15.1 Å². The summed E-state index contributed by atoms with van der Waals surface area (Å²) < 4.78 is 5.24. The molecule has 7 heteroatoms. The van der Waals surface area contributed by atoms with E-state index in [2.05, 4.69) is 15.1 Å². The zero-order chi connectivity index (χ0) is 14.1. The highest BCUT2D eigenvalue weighted by Crippen LogP contribution is 2.30. The van der Waals surface area contributed by atoms with Crippen molar-refractivity contribution >= 4 is 28.6 Å². The van der Waals surface area contributed by atoms with Crippen molar-refractivity contribution in [1.29, 1.82) is 0 Å². The number of hydrogen-bond donors (Lipinski definition) is 1. The predicted molar refractivity (Wildman–Crippen MR) is 78.8 cm³/mol. The van der Waals surface area contributed by atoms with Gasteiger partial charge in [0.05, 0.1) is 22.7 Å². The van der Waals surface area contributed by atoms with E-state index in [-0.39, 0.29) is 0 Å². The molecule has 0 saturated carbocycles. The molecule has 0 aliphatic heterocycles. The van der Waals surface area contributed by atoms with E-state index in [0.29, 0.717) is 34.4 Å². The van der Waals surface area contributed by atoms with Gasteiger partial charge in [0.25, 0.3) is 5.89 Å². The molecule has 0 atom stereocenters. The van der Waals surface area contributed by atoms with Crippen LogP contribution in [0.3, 0.4) is 0 Å². The fourth-order valence-corrected chi connectivity index (χ4v) is 2.72. The van der Waals surface area contributed by atoms with Gasteiger partial charge in [0.1, 0.15) is 5.01 Å². The quantitative estimate of drug-likeness (QED) is 0.751. The van der Waals surface area contributed by atoms with E-state index in [9.17, 15) is 0 Å². The molecular weight excluding hydrogens is 296 g/mol. The Morgan fingerprint density at radius 2 is 2.20 bits per heavy atom. The van der Waals surface area contributed by atoms with E-state index >= 15 is 0 Å². The molecule has 0 aliphatic carbocycles. The number of aryl methyl sites for hydroxylation is 1. The Labute approximate surface area is 124 Å². The van der Waals surface area contributed by atoms with Crippen molar-refractivity contribution in [3.63, 3.8) is 0 Å². The van der Waals surface area contributed by atoms with Gasteiger partial charge in [-0.1, -0.05) is 22.8 Å². The lowest BCUT2D eigenvalue weighted by molar-refractivity contribution is 0.424. The molecule has 0 unspecified atom stereocenters. The second-order valence-electron chi connectivity index (χ2n) is 4.28. The highest BCUT2D eigenvalue weighted by molar-refractivity contribution is 7.09. The molecular formula is C13H11ClN4OS. The number of hydrogen-bond acceptors (Lipinski definition) is 6. The Morgan fingerprint density at radius 1 is 1.35 bits per heavy atom. The minimum absolute atomic E-state index is 0.369. The van der Waals surface area contributed by atoms with Crippen LogP contribution in [-0.2, 0) is 6.42 Å². The minimum Gasteiger partial charge on any atom is -0.397 e. The summed E-state index contributed by atoms with van der Waals surface area (Å²) in [5.74, 6) is 0.946. The second-order valence-corrected chi connectivity index (χ2v) is 5.63. The molecule has 0 saturated heterocycles. The first-order chi connectivity index (χ1) is 9.63. The molecule has 3 rings (SSSR count). The number of benzene rings is 1. The van der Waals surface area contributed by atoms with Crippen molar-refractivity contribution in [2.45, 2.75) is 13.3 Å². The van der Waals surface area contributed by atoms with E-state index in [1.807, 2.05) is 12.3 Å². The van der Waals surface area contributed by atoms with Gasteiger partial charge in [-0.2, -0.15) is 4.98 Å². The molecule has 20 heavy (non-hydrogen) atoms. The SMILES string of the molecule is Cc1csc(Cc2noc(-c3cccc(Cl)c3N)n2)n1. The Hall–Kier alpha value is -1.92. The van der Waals surface area contributed by atoms with Crippen molar-refractivity contribution in [1.82, 2.24) is 15.1 Å². The van der Waals surface area contributed by atoms with Crippen molar-refractivity contribution in [3.8, 4) is 11.5 Å². The standard InChI is InChI=1S/C13H11ClN4OS/c1-7-6-20-11(16-7)5-10-17-13(19-18-10)8-3-2-4-9(14)12(8)15/h2-4,6H,5,15H2,1H3. The zero-order valence-corrected chi connectivity index (χ0v) is 12.2. The normalized spacial score (nSPS) is 10.9. The van der Waals surface area contributed by atoms with Gasteiger partial charge in [0, 0.05) is 11.1 Å². The lowest BCUT2D eigenvalue weighted by Gasteiger charge is -2.01. The number of nitrogens with two attached hydrogens (primary N) is 1. The van der Waals surface area contributed by atoms with Crippen molar-refractivity contribution < 1.29 is 4.52 Å². The first-order valence-electron chi connectivity index (χ1n) is 5.91. The summed E-state index contributed by atoms with van der Waals surface area (Å²) in [7, 11) is 0. The van der Waals surface area contributed by atoms with Gasteiger partial charge < -0.3 is 10.3 Å². The van der Waals surface area contributed by atoms with Gasteiger partial charge >= 0.3 is 0 Å². The third-order valence-corrected chi connectivity index (χ3v) is 4.02. The van der Waals surface area contributed by atoms with Crippen LogP contribution in [0.1, 0.15) is 16.5 Å². The molecule has 2 aromatic heterocycles. The largest absolute Gasteiger partial charge is 0.397 e. The average Bonchev–Trinajstić information content (AvgIpc) is 3.03. The molecule has 102 valence electrons. The lowest BCUT2D eigenvalue weighted by atomic mass is 10.2. The van der Waals surface area contributed by atoms with Crippen LogP contribution in [0.25, 0.3) is 11.5 Å². The van der Waals surface area contributed by atoms with Crippen molar-refractivity contribution in [2.24, 2.45) is 0 Å². The van der Waals surface area contributed by atoms with E-state index in [1.165, 1.54) is 0 Å². The summed E-state index contributed by atoms with van der Waals surface area (Å²) in [5.41, 5.74) is 7.99. The summed E-state index contributed by atoms with van der Waals surface area (Å²) in [6.07, 6.45) is 0.544. The third kappa shape index (κ3) is 2.52. The first-order valence-corrected chi connectivity index (χ1v) is 7.17. The van der Waals surface area contributed by atoms with Crippen LogP contribution < -0.4 is 5.73 Å². The molecule has 5 nitrogen and oxygen atoms in total. The predicted octanol–water partition coefficient (Wildman–Crippen LogP) is 3.33. The van der Waals surface area contributed by atoms with E-state index < -0.39 is 0 Å². The van der Waals surface area contributed by atoms with Crippen LogP contribution in [0.15, 0.2) is 28.1 Å². The molecule has 2 N–H and O–H groups in total. The van der Waals surface area contributed by atoms with E-state index in [4.69, 9.17) is 21.9 Å². The third-order valence-electron chi connectivity index (χ3n) is 2.73. The molecule has 0 radical (unpaired) electrons. The van der Waals surface area contributed by atoms with Gasteiger partial charge in [-0.25, -0.2) is 4.98 Å². The lowest BCUT2D eigenvalue weighted by Crippen LogP contribution is -1.92. The summed E-state index contributed by atoms with van der Waals surface area (Å²) in [5, 5.41) is 7.36. The van der Waals surface area contributed by atoms with Gasteiger partial charge in [-0.05, 0) is 19.1 Å². The van der Waals surface area contributed by atoms with Gasteiger partial charge in [0.15, 0.2) is 5.82 Å². The van der Waals surface area contributed by atoms with Crippen LogP contribution in [0.4, 0.5) is 5.69 Å². The van der Waals surface area contributed by atoms with Crippen LogP contribution in [0.2, 0.25) is 5.02 Å². The second kappa shape index (κ2) is 5.22. The average molecular weight is 307 g/mol. The van der Waals surface area contributed by atoms with E-state index in [1.54, 1.807) is 29.5 Å². The minimum atomic E-state index is 0.369. The maximum Gasteiger partial charge on any atom is 0.260 e. The fraction of sp³-hybridized carbons (Fsp3) is 0.154. The van der Waals surface area contributed by atoms with Gasteiger partial charge in [0.2, 0.25) is 0 Å². The summed E-state index contributed by atoms with van der Waals surface area (Å²) >= 11 is 7.56. The summed E-state index contributed by atoms with van der Waals surface area (Å²) in [6, 6.07) is 5.31. The Kier molecular flexibility index (Phi) is 3.42. The molecule has 0 spiro atoms. The molecule has 2 heterocycles. The van der Waals surface area contributed by atoms with Crippen molar-refractivity contribution in [3.05, 3.63) is 45.1 Å². The van der Waals surface area contributed by atoms with Crippen LogP contribution >= 0.6 is 22.9 Å². The number of aromatic nitrogens is 3. The topological polar surface area (TPSA) is 77.8 Å². The summed E-state index contributed by atoms with van der Waals surface area (Å²) in [4.78, 5) is 8.71. The van der Waals surface area contributed by atoms with Gasteiger partial charge in [-0.3, -0.25) is 0 Å². The highest BCUT2D eigenvalue weighted by Gasteiger charge is 2.14. The smallest absolute Gasteiger partial charge is 0.260 e. The Balaban J connectivity index is 1.88. The summed E-state index contributed by atoms with van der Waals surface area (Å²) in [6.45, 7) is 1.95. The zero-order valence-electron chi connectivity index (χ0n) is 10.6. The number of nitrogens with zero attached hydrogens (tertiary/aromatic N) is 3. The number of anilines is 1. The highest BCUT2D eigenvalue weighted by atomic mass is 35.5. The number of nitrogen functional groups attached to an aromatic ring is 1. The van der Waals surface area contributed by atoms with Gasteiger partial charge in [-0.15, -0.1) is 11.3 Å². The maximum absolute atomic E-state index is 5.98. The molecule has 1 aromatic carbocycles. The molecule has 0 fully saturated rings. The van der Waals surface area contributed by atoms with Crippen molar-refractivity contribution in [2.75, 3.05) is 5.73 Å². The van der Waals surface area contributed by atoms with Crippen LogP contribution in [0, 0.1) is 6.92 Å². The van der Waals surface area contributed by atoms with E-state index in [0.717, 1.165) is 10.7 Å². The number of para-hydroxylation sites is 1. The Morgan fingerprint density at radius 3 is 2.95 bits per heavy atom. The number of thiazole rings is 1. The Bertz CT molecular complexity index is 752. The maximum atomic E-state index is 5.98. The molecule has 0 bridgehead atoms. The number of rotatable bonds is 3. The molecule has 0 aliphatic rings.